The lowest BCUT2D eigenvalue weighted by atomic mass is 9.73. The summed E-state index contributed by atoms with van der Waals surface area (Å²) >= 11 is 0. The Morgan fingerprint density at radius 1 is 1.00 bits per heavy atom. The van der Waals surface area contributed by atoms with E-state index in [0.717, 1.165) is 22.4 Å². The second-order valence-electron chi connectivity index (χ2n) is 7.03. The number of pyridine rings is 1. The minimum absolute atomic E-state index is 0.204. The minimum atomic E-state index is -0.478. The Hall–Kier alpha value is -3.62. The lowest BCUT2D eigenvalue weighted by Gasteiger charge is -2.30. The number of nitrogen functional groups attached to an aromatic ring is 1. The highest BCUT2D eigenvalue weighted by Crippen LogP contribution is 2.38. The Morgan fingerprint density at radius 2 is 1.73 bits per heavy atom. The van der Waals surface area contributed by atoms with Gasteiger partial charge in [0.2, 0.25) is 5.95 Å². The molecule has 0 amide bonds. The van der Waals surface area contributed by atoms with E-state index in [-0.39, 0.29) is 11.9 Å². The van der Waals surface area contributed by atoms with Crippen LogP contribution in [0.5, 0.6) is 0 Å². The van der Waals surface area contributed by atoms with Gasteiger partial charge in [0.25, 0.3) is 5.89 Å². The first kappa shape index (κ1) is 21.1. The molecule has 0 radical (unpaired) electrons. The summed E-state index contributed by atoms with van der Waals surface area (Å²) in [5.41, 5.74) is 8.38. The molecule has 30 heavy (non-hydrogen) atoms. The summed E-state index contributed by atoms with van der Waals surface area (Å²) in [6, 6.07) is 3.95. The van der Waals surface area contributed by atoms with E-state index in [1.807, 2.05) is 32.2 Å². The largest absolute Gasteiger partial charge is 0.368 e. The molecule has 0 aromatic carbocycles. The van der Waals surface area contributed by atoms with E-state index in [2.05, 4.69) is 56.1 Å². The first-order valence-corrected chi connectivity index (χ1v) is 9.86. The Labute approximate surface area is 175 Å². The van der Waals surface area contributed by atoms with E-state index in [1.165, 1.54) is 0 Å². The fourth-order valence-electron chi connectivity index (χ4n) is 2.98. The Balaban J connectivity index is 0.00000124. The molecule has 0 fully saturated rings. The Morgan fingerprint density at radius 3 is 2.30 bits per heavy atom. The van der Waals surface area contributed by atoms with Crippen LogP contribution in [0.3, 0.4) is 0 Å². The molecule has 4 heterocycles. The highest BCUT2D eigenvalue weighted by atomic mass is 16.5. The highest BCUT2D eigenvalue weighted by Gasteiger charge is 2.38. The second-order valence-corrected chi connectivity index (χ2v) is 7.03. The van der Waals surface area contributed by atoms with Crippen molar-refractivity contribution in [2.75, 3.05) is 5.73 Å². The molecule has 0 aliphatic carbocycles. The first-order valence-electron chi connectivity index (χ1n) is 9.86. The molecule has 3 N–H and O–H groups in total. The van der Waals surface area contributed by atoms with Crippen LogP contribution in [-0.2, 0) is 5.41 Å². The molecule has 9 heteroatoms. The molecule has 0 bridgehead atoms. The third kappa shape index (κ3) is 3.91. The molecule has 4 rings (SSSR count). The van der Waals surface area contributed by atoms with Gasteiger partial charge < -0.3 is 10.3 Å². The maximum Gasteiger partial charge on any atom is 0.261 e. The lowest BCUT2D eigenvalue weighted by molar-refractivity contribution is 0.350. The van der Waals surface area contributed by atoms with Gasteiger partial charge in [0.05, 0.1) is 22.9 Å². The monoisotopic (exact) mass is 406 g/mol. The van der Waals surface area contributed by atoms with E-state index >= 15 is 0 Å². The molecule has 0 saturated heterocycles. The van der Waals surface area contributed by atoms with Gasteiger partial charge >= 0.3 is 0 Å². The van der Waals surface area contributed by atoms with Crippen LogP contribution < -0.4 is 5.73 Å². The molecule has 9 nitrogen and oxygen atoms in total. The number of aromatic amines is 1. The van der Waals surface area contributed by atoms with Crippen molar-refractivity contribution in [1.82, 2.24) is 35.3 Å². The third-order valence-electron chi connectivity index (χ3n) is 5.12. The summed E-state index contributed by atoms with van der Waals surface area (Å²) in [5, 5.41) is 10.9. The highest BCUT2D eigenvalue weighted by molar-refractivity contribution is 5.57. The summed E-state index contributed by atoms with van der Waals surface area (Å²) in [4.78, 5) is 17.2. The minimum Gasteiger partial charge on any atom is -0.368 e. The average Bonchev–Trinajstić information content (AvgIpc) is 3.47. The predicted molar refractivity (Wildman–Crippen MR) is 114 cm³/mol. The van der Waals surface area contributed by atoms with E-state index in [9.17, 15) is 0 Å². The molecule has 4 aromatic rings. The predicted octanol–water partition coefficient (Wildman–Crippen LogP) is 3.88. The van der Waals surface area contributed by atoms with Gasteiger partial charge in [0.15, 0.2) is 5.82 Å². The number of hydrogen-bond acceptors (Lipinski definition) is 8. The van der Waals surface area contributed by atoms with E-state index < -0.39 is 5.41 Å². The first-order chi connectivity index (χ1) is 14.5. The quantitative estimate of drug-likeness (QED) is 0.510. The average molecular weight is 406 g/mol. The molecular weight excluding hydrogens is 380 g/mol. The van der Waals surface area contributed by atoms with Gasteiger partial charge in [-0.25, -0.2) is 9.97 Å². The van der Waals surface area contributed by atoms with Crippen molar-refractivity contribution in [3.05, 3.63) is 54.5 Å². The standard InChI is InChI=1S/C19H20N8O.C2H6/c1-11(2)19(3,17-26-16(28-27-17)13-8-24-25-9-13)14-4-5-15(21-10-14)12-6-22-18(20)23-7-12;1-2/h4-11H,1-3H3,(H,24,25)(H2,20,22,23);1-2H3/t19-;/m1./s1. The maximum atomic E-state index is 5.55. The van der Waals surface area contributed by atoms with Gasteiger partial charge in [-0.1, -0.05) is 38.9 Å². The lowest BCUT2D eigenvalue weighted by Crippen LogP contribution is -2.31. The summed E-state index contributed by atoms with van der Waals surface area (Å²) in [7, 11) is 0. The van der Waals surface area contributed by atoms with Crippen LogP contribution in [0.1, 0.15) is 46.0 Å². The zero-order valence-corrected chi connectivity index (χ0v) is 17.8. The molecule has 0 aliphatic heterocycles. The zero-order valence-electron chi connectivity index (χ0n) is 17.8. The molecule has 156 valence electrons. The van der Waals surface area contributed by atoms with Gasteiger partial charge in [-0.2, -0.15) is 10.1 Å². The van der Waals surface area contributed by atoms with Crippen LogP contribution >= 0.6 is 0 Å². The fourth-order valence-corrected chi connectivity index (χ4v) is 2.98. The zero-order chi connectivity index (χ0) is 21.7. The van der Waals surface area contributed by atoms with Gasteiger partial charge in [-0.3, -0.25) is 10.1 Å². The van der Waals surface area contributed by atoms with Crippen molar-refractivity contribution in [2.24, 2.45) is 5.92 Å². The normalized spacial score (nSPS) is 12.9. The maximum absolute atomic E-state index is 5.55. The smallest absolute Gasteiger partial charge is 0.261 e. The van der Waals surface area contributed by atoms with Crippen molar-refractivity contribution in [3.63, 3.8) is 0 Å². The number of hydrogen-bond donors (Lipinski definition) is 2. The molecule has 0 saturated carbocycles. The van der Waals surface area contributed by atoms with E-state index in [0.29, 0.717) is 11.7 Å². The SMILES string of the molecule is CC.CC(C)[C@](C)(c1ccc(-c2cnc(N)nc2)nc1)c1noc(-c2cn[nH]c2)n1. The number of anilines is 1. The number of rotatable bonds is 5. The van der Waals surface area contributed by atoms with Gasteiger partial charge in [-0.15, -0.1) is 0 Å². The van der Waals surface area contributed by atoms with Crippen LogP contribution in [0.25, 0.3) is 22.7 Å². The second kappa shape index (κ2) is 8.81. The van der Waals surface area contributed by atoms with Gasteiger partial charge in [0, 0.05) is 30.4 Å². The summed E-state index contributed by atoms with van der Waals surface area (Å²) < 4.78 is 5.46. The Bertz CT molecular complexity index is 1060. The van der Waals surface area contributed by atoms with Crippen molar-refractivity contribution in [2.45, 2.75) is 40.0 Å². The number of nitrogens with one attached hydrogen (secondary N) is 1. The van der Waals surface area contributed by atoms with Crippen LogP contribution in [0.4, 0.5) is 5.95 Å². The number of nitrogens with two attached hydrogens (primary N) is 1. The van der Waals surface area contributed by atoms with Gasteiger partial charge in [0.1, 0.15) is 0 Å². The fraction of sp³-hybridized carbons (Fsp3) is 0.333. The molecule has 4 aromatic heterocycles. The van der Waals surface area contributed by atoms with Crippen LogP contribution in [0, 0.1) is 5.92 Å². The number of nitrogens with zero attached hydrogens (tertiary/aromatic N) is 6. The van der Waals surface area contributed by atoms with Crippen molar-refractivity contribution in [3.8, 4) is 22.7 Å². The van der Waals surface area contributed by atoms with Crippen LogP contribution in [0.2, 0.25) is 0 Å². The summed E-state index contributed by atoms with van der Waals surface area (Å²) in [6.45, 7) is 10.3. The van der Waals surface area contributed by atoms with E-state index in [4.69, 9.17) is 10.3 Å². The summed E-state index contributed by atoms with van der Waals surface area (Å²) in [5.74, 6) is 1.47. The molecule has 0 aliphatic rings. The van der Waals surface area contributed by atoms with Gasteiger partial charge in [-0.05, 0) is 24.5 Å². The topological polar surface area (TPSA) is 132 Å². The number of aromatic nitrogens is 7. The van der Waals surface area contributed by atoms with Crippen LogP contribution in [0.15, 0.2) is 47.6 Å². The van der Waals surface area contributed by atoms with E-state index in [1.54, 1.807) is 24.8 Å². The van der Waals surface area contributed by atoms with Crippen LogP contribution in [-0.4, -0.2) is 35.3 Å². The van der Waals surface area contributed by atoms with Crippen molar-refractivity contribution < 1.29 is 4.52 Å². The van der Waals surface area contributed by atoms with Crippen molar-refractivity contribution in [1.29, 1.82) is 0 Å². The molecule has 1 atom stereocenters. The molecule has 0 spiro atoms. The Kier molecular flexibility index (Phi) is 6.20. The third-order valence-corrected chi connectivity index (χ3v) is 5.12. The van der Waals surface area contributed by atoms with Crippen molar-refractivity contribution >= 4 is 5.95 Å². The summed E-state index contributed by atoms with van der Waals surface area (Å²) in [6.07, 6.45) is 8.51. The number of H-pyrrole nitrogens is 1. The molecule has 0 unspecified atom stereocenters. The molecular formula is C21H26N8O.